The molecule has 0 saturated heterocycles. The molecule has 0 aliphatic carbocycles. The van der Waals surface area contributed by atoms with Crippen LogP contribution in [-0.2, 0) is 5.54 Å². The lowest BCUT2D eigenvalue weighted by atomic mass is 9.94. The van der Waals surface area contributed by atoms with E-state index in [9.17, 15) is 4.39 Å². The predicted octanol–water partition coefficient (Wildman–Crippen LogP) is 2.44. The van der Waals surface area contributed by atoms with Gasteiger partial charge in [0, 0.05) is 11.1 Å². The van der Waals surface area contributed by atoms with Gasteiger partial charge in [-0.25, -0.2) is 4.39 Å². The van der Waals surface area contributed by atoms with Crippen molar-refractivity contribution in [1.29, 1.82) is 0 Å². The lowest BCUT2D eigenvalue weighted by Gasteiger charge is -2.25. The molecule has 0 aromatic heterocycles. The number of benzene rings is 1. The quantitative estimate of drug-likeness (QED) is 0.827. The van der Waals surface area contributed by atoms with Gasteiger partial charge < -0.3 is 15.2 Å². The van der Waals surface area contributed by atoms with Crippen LogP contribution < -0.4 is 15.2 Å². The second-order valence-corrected chi connectivity index (χ2v) is 4.68. The van der Waals surface area contributed by atoms with E-state index in [0.29, 0.717) is 24.5 Å². The predicted molar refractivity (Wildman–Crippen MR) is 59.6 cm³/mol. The summed E-state index contributed by atoms with van der Waals surface area (Å²) in [6.07, 6.45) is 0. The van der Waals surface area contributed by atoms with Crippen molar-refractivity contribution < 1.29 is 13.9 Å². The molecule has 1 aliphatic heterocycles. The van der Waals surface area contributed by atoms with Crippen LogP contribution in [0, 0.1) is 5.82 Å². The Labute approximate surface area is 98.3 Å². The Kier molecular flexibility index (Phi) is 2.72. The molecule has 0 radical (unpaired) electrons. The first-order valence-corrected chi connectivity index (χ1v) is 5.36. The van der Waals surface area contributed by atoms with Crippen molar-refractivity contribution in [2.75, 3.05) is 13.2 Å². The molecule has 88 valence electrons. The van der Waals surface area contributed by atoms with Gasteiger partial charge in [0.05, 0.1) is 0 Å². The second kappa shape index (κ2) is 3.79. The van der Waals surface area contributed by atoms with Crippen molar-refractivity contribution in [2.24, 2.45) is 5.73 Å². The van der Waals surface area contributed by atoms with Gasteiger partial charge in [0.2, 0.25) is 0 Å². The maximum Gasteiger partial charge on any atom is 0.182 e. The van der Waals surface area contributed by atoms with Crippen molar-refractivity contribution in [2.45, 2.75) is 19.4 Å². The van der Waals surface area contributed by atoms with Gasteiger partial charge in [0.1, 0.15) is 18.2 Å². The SMILES string of the molecule is CC(C)(N)c1cc2c(c(Cl)c1F)OCCO2. The number of rotatable bonds is 1. The van der Waals surface area contributed by atoms with Crippen LogP contribution in [0.2, 0.25) is 5.02 Å². The van der Waals surface area contributed by atoms with Crippen molar-refractivity contribution in [3.05, 3.63) is 22.5 Å². The zero-order valence-electron chi connectivity index (χ0n) is 9.14. The minimum atomic E-state index is -0.816. The normalized spacial score (nSPS) is 15.1. The monoisotopic (exact) mass is 245 g/mol. The van der Waals surface area contributed by atoms with Gasteiger partial charge in [-0.05, 0) is 19.9 Å². The van der Waals surface area contributed by atoms with Crippen LogP contribution in [0.4, 0.5) is 4.39 Å². The van der Waals surface area contributed by atoms with Crippen LogP contribution in [0.25, 0.3) is 0 Å². The first-order valence-electron chi connectivity index (χ1n) is 4.98. The molecule has 1 aliphatic rings. The molecule has 0 unspecified atom stereocenters. The summed E-state index contributed by atoms with van der Waals surface area (Å²) in [6, 6.07) is 1.55. The van der Waals surface area contributed by atoms with Crippen molar-refractivity contribution >= 4 is 11.6 Å². The average molecular weight is 246 g/mol. The van der Waals surface area contributed by atoms with E-state index in [1.54, 1.807) is 19.9 Å². The Morgan fingerprint density at radius 1 is 1.38 bits per heavy atom. The summed E-state index contributed by atoms with van der Waals surface area (Å²) in [5.41, 5.74) is 5.37. The number of ether oxygens (including phenoxy) is 2. The zero-order chi connectivity index (χ0) is 11.9. The molecule has 0 spiro atoms. The molecule has 0 amide bonds. The molecule has 0 bridgehead atoms. The first-order chi connectivity index (χ1) is 7.41. The maximum absolute atomic E-state index is 13.9. The summed E-state index contributed by atoms with van der Waals surface area (Å²) in [5, 5.41) is -0.0641. The van der Waals surface area contributed by atoms with Crippen LogP contribution in [-0.4, -0.2) is 13.2 Å². The fraction of sp³-hybridized carbons (Fsp3) is 0.455. The molecule has 0 fully saturated rings. The van der Waals surface area contributed by atoms with Crippen molar-refractivity contribution in [3.63, 3.8) is 0 Å². The van der Waals surface area contributed by atoms with Crippen molar-refractivity contribution in [3.8, 4) is 11.5 Å². The molecular weight excluding hydrogens is 233 g/mol. The Hall–Kier alpha value is -1.00. The number of fused-ring (bicyclic) bond motifs is 1. The van der Waals surface area contributed by atoms with E-state index < -0.39 is 11.4 Å². The smallest absolute Gasteiger partial charge is 0.182 e. The van der Waals surface area contributed by atoms with Gasteiger partial charge in [-0.15, -0.1) is 0 Å². The molecular formula is C11H13ClFNO2. The first kappa shape index (κ1) is 11.5. The number of halogens is 2. The summed E-state index contributed by atoms with van der Waals surface area (Å²) >= 11 is 5.89. The van der Waals surface area contributed by atoms with Crippen LogP contribution in [0.5, 0.6) is 11.5 Å². The molecule has 3 nitrogen and oxygen atoms in total. The molecule has 2 rings (SSSR count). The Bertz CT molecular complexity index is 429. The lowest BCUT2D eigenvalue weighted by molar-refractivity contribution is 0.170. The van der Waals surface area contributed by atoms with E-state index in [0.717, 1.165) is 0 Å². The fourth-order valence-electron chi connectivity index (χ4n) is 1.59. The molecule has 1 aromatic carbocycles. The fourth-order valence-corrected chi connectivity index (χ4v) is 1.84. The summed E-state index contributed by atoms with van der Waals surface area (Å²) < 4.78 is 24.6. The Morgan fingerprint density at radius 2 is 2.00 bits per heavy atom. The number of hydrogen-bond acceptors (Lipinski definition) is 3. The van der Waals surface area contributed by atoms with Crippen molar-refractivity contribution in [1.82, 2.24) is 0 Å². The highest BCUT2D eigenvalue weighted by atomic mass is 35.5. The molecule has 1 aromatic rings. The Balaban J connectivity index is 2.62. The third kappa shape index (κ3) is 1.83. The Morgan fingerprint density at radius 3 is 2.62 bits per heavy atom. The highest BCUT2D eigenvalue weighted by Crippen LogP contribution is 2.42. The van der Waals surface area contributed by atoms with Gasteiger partial charge in [0.25, 0.3) is 0 Å². The third-order valence-corrected chi connectivity index (χ3v) is 2.75. The number of hydrogen-bond donors (Lipinski definition) is 1. The van der Waals surface area contributed by atoms with Crippen LogP contribution >= 0.6 is 11.6 Å². The van der Waals surface area contributed by atoms with Crippen LogP contribution in [0.3, 0.4) is 0 Å². The molecule has 2 N–H and O–H groups in total. The second-order valence-electron chi connectivity index (χ2n) is 4.30. The highest BCUT2D eigenvalue weighted by Gasteiger charge is 2.27. The van der Waals surface area contributed by atoms with Gasteiger partial charge in [-0.1, -0.05) is 11.6 Å². The van der Waals surface area contributed by atoms with Gasteiger partial charge in [-0.3, -0.25) is 0 Å². The molecule has 0 saturated carbocycles. The van der Waals surface area contributed by atoms with E-state index in [4.69, 9.17) is 26.8 Å². The van der Waals surface area contributed by atoms with Crippen LogP contribution in [0.15, 0.2) is 6.07 Å². The lowest BCUT2D eigenvalue weighted by Crippen LogP contribution is -2.30. The van der Waals surface area contributed by atoms with Gasteiger partial charge in [0.15, 0.2) is 17.3 Å². The summed E-state index contributed by atoms with van der Waals surface area (Å²) in [6.45, 7) is 4.21. The molecule has 16 heavy (non-hydrogen) atoms. The minimum absolute atomic E-state index is 0.0641. The maximum atomic E-state index is 13.9. The molecule has 0 atom stereocenters. The van der Waals surface area contributed by atoms with E-state index in [1.807, 2.05) is 0 Å². The van der Waals surface area contributed by atoms with E-state index in [-0.39, 0.29) is 10.8 Å². The van der Waals surface area contributed by atoms with E-state index in [2.05, 4.69) is 0 Å². The molecule has 1 heterocycles. The highest BCUT2D eigenvalue weighted by molar-refractivity contribution is 6.32. The summed E-state index contributed by atoms with van der Waals surface area (Å²) in [7, 11) is 0. The average Bonchev–Trinajstić information content (AvgIpc) is 2.22. The van der Waals surface area contributed by atoms with Crippen LogP contribution in [0.1, 0.15) is 19.4 Å². The van der Waals surface area contributed by atoms with Gasteiger partial charge in [-0.2, -0.15) is 0 Å². The molecule has 5 heteroatoms. The minimum Gasteiger partial charge on any atom is -0.486 e. The largest absolute Gasteiger partial charge is 0.486 e. The number of nitrogens with two attached hydrogens (primary N) is 1. The van der Waals surface area contributed by atoms with Gasteiger partial charge >= 0.3 is 0 Å². The third-order valence-electron chi connectivity index (χ3n) is 2.41. The standard InChI is InChI=1S/C11H13ClFNO2/c1-11(2,14)6-5-7-10(8(12)9(6)13)16-4-3-15-7/h5H,3-4,14H2,1-2H3. The summed E-state index contributed by atoms with van der Waals surface area (Å²) in [4.78, 5) is 0. The topological polar surface area (TPSA) is 44.5 Å². The summed E-state index contributed by atoms with van der Waals surface area (Å²) in [5.74, 6) is 0.169. The zero-order valence-corrected chi connectivity index (χ0v) is 9.90. The van der Waals surface area contributed by atoms with E-state index >= 15 is 0 Å². The van der Waals surface area contributed by atoms with E-state index in [1.165, 1.54) is 0 Å².